The van der Waals surface area contributed by atoms with Gasteiger partial charge in [0.25, 0.3) is 0 Å². The van der Waals surface area contributed by atoms with Crippen LogP contribution in [0, 0.1) is 5.92 Å². The summed E-state index contributed by atoms with van der Waals surface area (Å²) in [5.74, 6) is 0.649. The van der Waals surface area contributed by atoms with Crippen LogP contribution in [0.5, 0.6) is 0 Å². The average Bonchev–Trinajstić information content (AvgIpc) is 2.70. The Morgan fingerprint density at radius 1 is 1.20 bits per heavy atom. The van der Waals surface area contributed by atoms with E-state index in [-0.39, 0.29) is 21.9 Å². The topological polar surface area (TPSA) is 76.7 Å². The molecule has 8 heteroatoms. The van der Waals surface area contributed by atoms with Gasteiger partial charge >= 0.3 is 0 Å². The van der Waals surface area contributed by atoms with E-state index < -0.39 is 10.0 Å². The molecule has 1 fully saturated rings. The van der Waals surface area contributed by atoms with Crippen LogP contribution in [-0.4, -0.2) is 41.3 Å². The molecule has 2 aromatic rings. The van der Waals surface area contributed by atoms with Crippen LogP contribution >= 0.6 is 11.6 Å². The summed E-state index contributed by atoms with van der Waals surface area (Å²) in [4.78, 5) is 0.108. The molecular weight excluding hydrogens is 424 g/mol. The minimum absolute atomic E-state index is 0.0598. The summed E-state index contributed by atoms with van der Waals surface area (Å²) in [5.41, 5.74) is 3.29. The monoisotopic (exact) mass is 450 g/mol. The van der Waals surface area contributed by atoms with E-state index in [9.17, 15) is 8.42 Å². The maximum Gasteiger partial charge on any atom is 0.242 e. The fourth-order valence-electron chi connectivity index (χ4n) is 4.19. The highest BCUT2D eigenvalue weighted by Crippen LogP contribution is 2.31. The van der Waals surface area contributed by atoms with E-state index in [1.165, 1.54) is 11.1 Å². The number of hydrogen-bond donors (Lipinski definition) is 2. The number of nitrogens with one attached hydrogen (secondary N) is 2. The summed E-state index contributed by atoms with van der Waals surface area (Å²) >= 11 is 6.34. The van der Waals surface area contributed by atoms with Crippen LogP contribution in [0.4, 0.5) is 5.69 Å². The Morgan fingerprint density at radius 2 is 2.00 bits per heavy atom. The first-order valence-electron chi connectivity index (χ1n) is 10.2. The second kappa shape index (κ2) is 9.24. The lowest BCUT2D eigenvalue weighted by molar-refractivity contribution is 0.0937. The molecule has 2 aromatic carbocycles. The highest BCUT2D eigenvalue weighted by molar-refractivity contribution is 7.89. The molecule has 1 atom stereocenters. The van der Waals surface area contributed by atoms with E-state index in [4.69, 9.17) is 21.1 Å². The molecule has 0 bridgehead atoms. The number of benzene rings is 2. The van der Waals surface area contributed by atoms with Crippen LogP contribution in [0.15, 0.2) is 47.4 Å². The molecule has 0 amide bonds. The number of sulfonamides is 1. The van der Waals surface area contributed by atoms with Gasteiger partial charge in [-0.3, -0.25) is 0 Å². The standard InChI is InChI=1S/C22H27ClN2O4S/c1-28-12-15-8-19(9-15)25-30(26,27)22-7-6-18(10-21(22)23)24-11-17-14-29-13-16-4-2-3-5-20(16)17/h2-7,10,15,17,19,24-25H,8-9,11-14H2,1H3. The molecule has 0 aromatic heterocycles. The zero-order chi connectivity index (χ0) is 21.1. The zero-order valence-corrected chi connectivity index (χ0v) is 18.5. The summed E-state index contributed by atoms with van der Waals surface area (Å²) in [6.45, 7) is 2.64. The van der Waals surface area contributed by atoms with Gasteiger partial charge in [0.15, 0.2) is 0 Å². The Hall–Kier alpha value is -1.64. The molecule has 1 heterocycles. The van der Waals surface area contributed by atoms with Gasteiger partial charge in [0, 0.05) is 37.9 Å². The third kappa shape index (κ3) is 4.81. The Labute approximate surface area is 183 Å². The Bertz CT molecular complexity index is 992. The third-order valence-electron chi connectivity index (χ3n) is 5.81. The highest BCUT2D eigenvalue weighted by Gasteiger charge is 2.33. The van der Waals surface area contributed by atoms with Crippen molar-refractivity contribution in [2.45, 2.75) is 36.3 Å². The quantitative estimate of drug-likeness (QED) is 0.640. The fourth-order valence-corrected chi connectivity index (χ4v) is 6.00. The molecule has 162 valence electrons. The van der Waals surface area contributed by atoms with Gasteiger partial charge in [-0.25, -0.2) is 13.1 Å². The Balaban J connectivity index is 1.38. The summed E-state index contributed by atoms with van der Waals surface area (Å²) in [7, 11) is -1.99. The predicted molar refractivity (Wildman–Crippen MR) is 117 cm³/mol. The molecule has 1 aliphatic heterocycles. The highest BCUT2D eigenvalue weighted by atomic mass is 35.5. The first-order valence-corrected chi connectivity index (χ1v) is 12.0. The van der Waals surface area contributed by atoms with Crippen molar-refractivity contribution in [3.05, 3.63) is 58.6 Å². The summed E-state index contributed by atoms with van der Waals surface area (Å²) in [6, 6.07) is 13.2. The van der Waals surface area contributed by atoms with Crippen molar-refractivity contribution in [3.8, 4) is 0 Å². The minimum atomic E-state index is -3.65. The van der Waals surface area contributed by atoms with Gasteiger partial charge in [0.1, 0.15) is 4.90 Å². The van der Waals surface area contributed by atoms with Crippen molar-refractivity contribution >= 4 is 27.3 Å². The lowest BCUT2D eigenvalue weighted by Crippen LogP contribution is -2.45. The van der Waals surface area contributed by atoms with Crippen molar-refractivity contribution in [2.24, 2.45) is 5.92 Å². The van der Waals surface area contributed by atoms with Gasteiger partial charge in [0.05, 0.1) is 18.2 Å². The molecule has 0 saturated heterocycles. The largest absolute Gasteiger partial charge is 0.384 e. The zero-order valence-electron chi connectivity index (χ0n) is 16.9. The normalized spacial score (nSPS) is 23.5. The van der Waals surface area contributed by atoms with Crippen LogP contribution < -0.4 is 10.0 Å². The number of halogens is 1. The lowest BCUT2D eigenvalue weighted by atomic mass is 9.82. The van der Waals surface area contributed by atoms with Crippen molar-refractivity contribution < 1.29 is 17.9 Å². The molecule has 4 rings (SSSR count). The smallest absolute Gasteiger partial charge is 0.242 e. The van der Waals surface area contributed by atoms with Gasteiger partial charge in [-0.2, -0.15) is 0 Å². The van der Waals surface area contributed by atoms with Crippen molar-refractivity contribution in [2.75, 3.05) is 32.2 Å². The Morgan fingerprint density at radius 3 is 2.77 bits per heavy atom. The molecule has 6 nitrogen and oxygen atoms in total. The lowest BCUT2D eigenvalue weighted by Gasteiger charge is -2.35. The molecule has 1 unspecified atom stereocenters. The van der Waals surface area contributed by atoms with E-state index >= 15 is 0 Å². The van der Waals surface area contributed by atoms with Crippen molar-refractivity contribution in [1.29, 1.82) is 0 Å². The Kier molecular flexibility index (Phi) is 6.65. The summed E-state index contributed by atoms with van der Waals surface area (Å²) < 4.78 is 39.0. The second-order valence-electron chi connectivity index (χ2n) is 8.05. The minimum Gasteiger partial charge on any atom is -0.384 e. The van der Waals surface area contributed by atoms with Gasteiger partial charge in [-0.05, 0) is 48.1 Å². The van der Waals surface area contributed by atoms with E-state index in [2.05, 4.69) is 22.2 Å². The van der Waals surface area contributed by atoms with E-state index in [0.29, 0.717) is 32.3 Å². The van der Waals surface area contributed by atoms with Crippen LogP contribution in [0.2, 0.25) is 5.02 Å². The number of anilines is 1. The predicted octanol–water partition coefficient (Wildman–Crippen LogP) is 3.77. The first kappa shape index (κ1) is 21.6. The molecule has 1 saturated carbocycles. The number of hydrogen-bond acceptors (Lipinski definition) is 5. The molecule has 0 radical (unpaired) electrons. The number of fused-ring (bicyclic) bond motifs is 1. The molecule has 0 spiro atoms. The molecule has 2 N–H and O–H groups in total. The van der Waals surface area contributed by atoms with Crippen LogP contribution in [0.1, 0.15) is 29.9 Å². The van der Waals surface area contributed by atoms with Gasteiger partial charge < -0.3 is 14.8 Å². The van der Waals surface area contributed by atoms with Crippen LogP contribution in [0.25, 0.3) is 0 Å². The van der Waals surface area contributed by atoms with Crippen molar-refractivity contribution in [1.82, 2.24) is 4.72 Å². The van der Waals surface area contributed by atoms with Gasteiger partial charge in [0.2, 0.25) is 10.0 Å². The van der Waals surface area contributed by atoms with E-state index in [1.807, 2.05) is 12.1 Å². The first-order chi connectivity index (χ1) is 14.5. The number of rotatable bonds is 8. The maximum atomic E-state index is 12.7. The van der Waals surface area contributed by atoms with Gasteiger partial charge in [-0.1, -0.05) is 35.9 Å². The molecule has 1 aliphatic carbocycles. The van der Waals surface area contributed by atoms with Crippen LogP contribution in [0.3, 0.4) is 0 Å². The number of ether oxygens (including phenoxy) is 2. The van der Waals surface area contributed by atoms with Gasteiger partial charge in [-0.15, -0.1) is 0 Å². The average molecular weight is 451 g/mol. The summed E-state index contributed by atoms with van der Waals surface area (Å²) in [5, 5.41) is 3.57. The number of methoxy groups -OCH3 is 1. The molecule has 2 aliphatic rings. The van der Waals surface area contributed by atoms with Crippen molar-refractivity contribution in [3.63, 3.8) is 0 Å². The van der Waals surface area contributed by atoms with E-state index in [0.717, 1.165) is 18.5 Å². The SMILES string of the molecule is COCC1CC(NS(=O)(=O)c2ccc(NCC3COCc4ccccc43)cc2Cl)C1. The van der Waals surface area contributed by atoms with E-state index in [1.54, 1.807) is 25.3 Å². The second-order valence-corrected chi connectivity index (χ2v) is 10.1. The molecular formula is C22H27ClN2O4S. The van der Waals surface area contributed by atoms with Crippen LogP contribution in [-0.2, 0) is 26.1 Å². The third-order valence-corrected chi connectivity index (χ3v) is 7.81. The molecule has 30 heavy (non-hydrogen) atoms. The summed E-state index contributed by atoms with van der Waals surface area (Å²) in [6.07, 6.45) is 1.57. The fraction of sp³-hybridized carbons (Fsp3) is 0.455. The maximum absolute atomic E-state index is 12.7.